The first-order chi connectivity index (χ1) is 16.7. The molecule has 3 N–H and O–H groups in total. The van der Waals surface area contributed by atoms with Gasteiger partial charge < -0.3 is 19.8 Å². The lowest BCUT2D eigenvalue weighted by Crippen LogP contribution is -1.95. The van der Waals surface area contributed by atoms with Crippen LogP contribution in [-0.4, -0.2) is 33.4 Å². The van der Waals surface area contributed by atoms with Gasteiger partial charge in [0, 0.05) is 24.4 Å². The number of ether oxygens (including phenoxy) is 1. The molecular weight excluding hydrogens is 426 g/mol. The SMILES string of the molecule is CCCOc1cc(-c2ccc[nH]2)[nH]c1C=C1C=CC(CCCCCCCCCCCC(=O)O)=N1. The third-order valence-corrected chi connectivity index (χ3v) is 6.00. The van der Waals surface area contributed by atoms with Crippen LogP contribution in [0.1, 0.15) is 89.7 Å². The van der Waals surface area contributed by atoms with E-state index in [0.29, 0.717) is 13.0 Å². The Kier molecular flexibility index (Phi) is 10.8. The van der Waals surface area contributed by atoms with Gasteiger partial charge in [0.25, 0.3) is 0 Å². The molecule has 0 spiro atoms. The number of carboxylic acids is 1. The molecule has 0 atom stereocenters. The predicted octanol–water partition coefficient (Wildman–Crippen LogP) is 7.53. The molecule has 2 aromatic rings. The first kappa shape index (κ1) is 25.6. The Morgan fingerprint density at radius 2 is 1.76 bits per heavy atom. The number of aromatic amines is 2. The van der Waals surface area contributed by atoms with Crippen LogP contribution >= 0.6 is 0 Å². The van der Waals surface area contributed by atoms with Gasteiger partial charge in [0.05, 0.1) is 29.4 Å². The maximum Gasteiger partial charge on any atom is 0.303 e. The predicted molar refractivity (Wildman–Crippen MR) is 139 cm³/mol. The lowest BCUT2D eigenvalue weighted by atomic mass is 10.0. The first-order valence-corrected chi connectivity index (χ1v) is 12.8. The number of unbranched alkanes of at least 4 members (excludes halogenated alkanes) is 8. The number of allylic oxidation sites excluding steroid dienone is 2. The molecule has 2 aromatic heterocycles. The second-order valence-electron chi connectivity index (χ2n) is 8.97. The van der Waals surface area contributed by atoms with Gasteiger partial charge in [0.1, 0.15) is 5.75 Å². The number of H-pyrrole nitrogens is 2. The van der Waals surface area contributed by atoms with Crippen molar-refractivity contribution < 1.29 is 14.6 Å². The van der Waals surface area contributed by atoms with Crippen LogP contribution in [0.4, 0.5) is 0 Å². The molecule has 184 valence electrons. The van der Waals surface area contributed by atoms with E-state index in [2.05, 4.69) is 35.1 Å². The molecule has 0 saturated carbocycles. The minimum absolute atomic E-state index is 0.308. The molecule has 0 unspecified atom stereocenters. The van der Waals surface area contributed by atoms with E-state index in [9.17, 15) is 4.79 Å². The highest BCUT2D eigenvalue weighted by atomic mass is 16.5. The lowest BCUT2D eigenvalue weighted by molar-refractivity contribution is -0.137. The molecular formula is C28H39N3O3. The van der Waals surface area contributed by atoms with E-state index in [1.165, 1.54) is 38.5 Å². The fraction of sp³-hybridized carbons (Fsp3) is 0.500. The van der Waals surface area contributed by atoms with Crippen LogP contribution in [0.15, 0.2) is 47.2 Å². The van der Waals surface area contributed by atoms with Crippen LogP contribution in [0.25, 0.3) is 17.5 Å². The maximum absolute atomic E-state index is 10.5. The summed E-state index contributed by atoms with van der Waals surface area (Å²) in [7, 11) is 0. The van der Waals surface area contributed by atoms with Gasteiger partial charge >= 0.3 is 5.97 Å². The molecule has 6 heteroatoms. The van der Waals surface area contributed by atoms with Crippen molar-refractivity contribution in [3.63, 3.8) is 0 Å². The summed E-state index contributed by atoms with van der Waals surface area (Å²) in [6.07, 6.45) is 20.9. The topological polar surface area (TPSA) is 90.5 Å². The molecule has 1 aliphatic rings. The van der Waals surface area contributed by atoms with Gasteiger partial charge in [0.2, 0.25) is 0 Å². The van der Waals surface area contributed by atoms with Gasteiger partial charge in [-0.1, -0.05) is 51.9 Å². The third-order valence-electron chi connectivity index (χ3n) is 6.00. The van der Waals surface area contributed by atoms with Crippen molar-refractivity contribution >= 4 is 17.8 Å². The summed E-state index contributed by atoms with van der Waals surface area (Å²) in [4.78, 5) is 22.0. The van der Waals surface area contributed by atoms with Gasteiger partial charge in [-0.25, -0.2) is 0 Å². The van der Waals surface area contributed by atoms with Crippen LogP contribution < -0.4 is 4.74 Å². The maximum atomic E-state index is 10.5. The number of nitrogens with one attached hydrogen (secondary N) is 2. The van der Waals surface area contributed by atoms with E-state index in [1.54, 1.807) is 0 Å². The van der Waals surface area contributed by atoms with Crippen molar-refractivity contribution in [3.8, 4) is 17.1 Å². The summed E-state index contributed by atoms with van der Waals surface area (Å²) in [6, 6.07) is 6.08. The van der Waals surface area contributed by atoms with Gasteiger partial charge in [-0.2, -0.15) is 0 Å². The zero-order valence-electron chi connectivity index (χ0n) is 20.4. The molecule has 0 aliphatic carbocycles. The zero-order valence-corrected chi connectivity index (χ0v) is 20.4. The quantitative estimate of drug-likeness (QED) is 0.211. The van der Waals surface area contributed by atoms with E-state index in [0.717, 1.165) is 66.3 Å². The summed E-state index contributed by atoms with van der Waals surface area (Å²) in [5.74, 6) is 0.180. The fourth-order valence-electron chi connectivity index (χ4n) is 4.14. The van der Waals surface area contributed by atoms with Crippen LogP contribution in [-0.2, 0) is 4.79 Å². The molecule has 3 heterocycles. The number of carbonyl (C=O) groups is 1. The summed E-state index contributed by atoms with van der Waals surface area (Å²) < 4.78 is 5.96. The van der Waals surface area contributed by atoms with Gasteiger partial charge in [0.15, 0.2) is 0 Å². The third kappa shape index (κ3) is 8.73. The zero-order chi connectivity index (χ0) is 24.0. The van der Waals surface area contributed by atoms with Crippen LogP contribution in [0.2, 0.25) is 0 Å². The van der Waals surface area contributed by atoms with Gasteiger partial charge in [-0.05, 0) is 56.0 Å². The second-order valence-corrected chi connectivity index (χ2v) is 8.97. The average Bonchev–Trinajstić information content (AvgIpc) is 3.58. The Morgan fingerprint density at radius 1 is 1.03 bits per heavy atom. The summed E-state index contributed by atoms with van der Waals surface area (Å²) in [5, 5.41) is 8.65. The number of aromatic nitrogens is 2. The molecule has 0 amide bonds. The molecule has 0 radical (unpaired) electrons. The Bertz CT molecular complexity index is 967. The Hall–Kier alpha value is -3.02. The summed E-state index contributed by atoms with van der Waals surface area (Å²) in [6.45, 7) is 2.80. The molecule has 3 rings (SSSR count). The van der Waals surface area contributed by atoms with E-state index in [-0.39, 0.29) is 0 Å². The molecule has 6 nitrogen and oxygen atoms in total. The van der Waals surface area contributed by atoms with E-state index in [1.807, 2.05) is 24.4 Å². The highest BCUT2D eigenvalue weighted by Crippen LogP contribution is 2.29. The molecule has 0 fully saturated rings. The summed E-state index contributed by atoms with van der Waals surface area (Å²) >= 11 is 0. The first-order valence-electron chi connectivity index (χ1n) is 12.8. The van der Waals surface area contributed by atoms with Crippen molar-refractivity contribution in [2.45, 2.75) is 84.0 Å². The highest BCUT2D eigenvalue weighted by molar-refractivity contribution is 5.99. The Labute approximate surface area is 203 Å². The van der Waals surface area contributed by atoms with Crippen molar-refractivity contribution in [2.24, 2.45) is 4.99 Å². The van der Waals surface area contributed by atoms with Crippen LogP contribution in [0, 0.1) is 0 Å². The number of aliphatic imine (C=N–C) groups is 1. The molecule has 1 aliphatic heterocycles. The fourth-order valence-corrected chi connectivity index (χ4v) is 4.14. The summed E-state index contributed by atoms with van der Waals surface area (Å²) in [5.41, 5.74) is 5.10. The molecule has 0 saturated heterocycles. The Balaban J connectivity index is 1.39. The van der Waals surface area contributed by atoms with E-state index in [4.69, 9.17) is 14.8 Å². The van der Waals surface area contributed by atoms with Crippen molar-refractivity contribution in [1.82, 2.24) is 9.97 Å². The standard InChI is InChI=1S/C28H39N3O3/c1-2-19-34-27-21-25(24-14-12-18-29-24)31-26(27)20-23-17-16-22(30-23)13-10-8-6-4-3-5-7-9-11-15-28(32)33/h12,14,16-18,20-21,29,31H,2-11,13,15,19H2,1H3,(H,32,33). The van der Waals surface area contributed by atoms with Crippen molar-refractivity contribution in [1.29, 1.82) is 0 Å². The largest absolute Gasteiger partial charge is 0.491 e. The number of nitrogens with zero attached hydrogens (tertiary/aromatic N) is 1. The molecule has 0 aromatic carbocycles. The molecule has 34 heavy (non-hydrogen) atoms. The molecule has 0 bridgehead atoms. The minimum Gasteiger partial charge on any atom is -0.491 e. The number of hydrogen-bond donors (Lipinski definition) is 3. The normalized spacial score (nSPS) is 14.1. The average molecular weight is 466 g/mol. The smallest absolute Gasteiger partial charge is 0.303 e. The van der Waals surface area contributed by atoms with E-state index >= 15 is 0 Å². The number of hydrogen-bond acceptors (Lipinski definition) is 3. The van der Waals surface area contributed by atoms with Crippen LogP contribution in [0.5, 0.6) is 5.75 Å². The number of carboxylic acid groups (broad SMARTS) is 1. The second kappa shape index (κ2) is 14.3. The van der Waals surface area contributed by atoms with Crippen molar-refractivity contribution in [3.05, 3.63) is 47.9 Å². The van der Waals surface area contributed by atoms with Crippen LogP contribution in [0.3, 0.4) is 0 Å². The minimum atomic E-state index is -0.680. The van der Waals surface area contributed by atoms with E-state index < -0.39 is 5.97 Å². The number of rotatable bonds is 17. The highest BCUT2D eigenvalue weighted by Gasteiger charge is 2.12. The monoisotopic (exact) mass is 465 g/mol. The van der Waals surface area contributed by atoms with Crippen molar-refractivity contribution in [2.75, 3.05) is 6.61 Å². The van der Waals surface area contributed by atoms with Gasteiger partial charge in [-0.15, -0.1) is 0 Å². The number of aliphatic carboxylic acids is 1. The lowest BCUT2D eigenvalue weighted by Gasteiger charge is -2.03. The Morgan fingerprint density at radius 3 is 2.44 bits per heavy atom. The van der Waals surface area contributed by atoms with Gasteiger partial charge in [-0.3, -0.25) is 9.79 Å².